The molecule has 0 spiro atoms. The zero-order chi connectivity index (χ0) is 15.2. The second kappa shape index (κ2) is 7.92. The lowest BCUT2D eigenvalue weighted by Crippen LogP contribution is -2.23. The average molecular weight is 371 g/mol. The summed E-state index contributed by atoms with van der Waals surface area (Å²) in [6.07, 6.45) is 0.701. The molecule has 0 fully saturated rings. The summed E-state index contributed by atoms with van der Waals surface area (Å²) in [4.78, 5) is 0. The van der Waals surface area contributed by atoms with Gasteiger partial charge in [0.1, 0.15) is 5.82 Å². The Hall–Kier alpha value is -0.900. The highest BCUT2D eigenvalue weighted by Crippen LogP contribution is 2.30. The second-order valence-corrected chi connectivity index (χ2v) is 6.23. The van der Waals surface area contributed by atoms with Gasteiger partial charge in [0.05, 0.1) is 0 Å². The van der Waals surface area contributed by atoms with Gasteiger partial charge in [-0.3, -0.25) is 0 Å². The molecule has 0 saturated heterocycles. The van der Waals surface area contributed by atoms with Crippen LogP contribution in [0, 0.1) is 5.82 Å². The normalized spacial score (nSPS) is 12.4. The SMILES string of the molecule is CCNCC(Cc1cc(F)ccc1Cl)c1ccccc1Br. The standard InChI is InChI=1S/C17H18BrClFN/c1-2-21-11-13(15-5-3-4-6-16(15)18)9-12-10-14(20)7-8-17(12)19/h3-8,10,13,21H,2,9,11H2,1H3. The van der Waals surface area contributed by atoms with Crippen molar-refractivity contribution in [1.29, 1.82) is 0 Å². The van der Waals surface area contributed by atoms with Gasteiger partial charge in [-0.15, -0.1) is 0 Å². The lowest BCUT2D eigenvalue weighted by molar-refractivity contribution is 0.587. The van der Waals surface area contributed by atoms with Crippen LogP contribution in [0.1, 0.15) is 24.0 Å². The van der Waals surface area contributed by atoms with Gasteiger partial charge in [0.15, 0.2) is 0 Å². The molecule has 2 aromatic carbocycles. The van der Waals surface area contributed by atoms with Gasteiger partial charge in [-0.1, -0.05) is 52.7 Å². The summed E-state index contributed by atoms with van der Waals surface area (Å²) in [6, 6.07) is 12.7. The zero-order valence-corrected chi connectivity index (χ0v) is 14.2. The highest BCUT2D eigenvalue weighted by atomic mass is 79.9. The predicted octanol–water partition coefficient (Wildman–Crippen LogP) is 5.18. The number of hydrogen-bond donors (Lipinski definition) is 1. The Bertz CT molecular complexity index is 603. The van der Waals surface area contributed by atoms with E-state index in [1.807, 2.05) is 18.2 Å². The van der Waals surface area contributed by atoms with Crippen LogP contribution in [0.15, 0.2) is 46.9 Å². The molecule has 1 unspecified atom stereocenters. The van der Waals surface area contributed by atoms with Crippen molar-refractivity contribution in [3.8, 4) is 0 Å². The maximum Gasteiger partial charge on any atom is 0.123 e. The van der Waals surface area contributed by atoms with Crippen molar-refractivity contribution in [3.05, 3.63) is 68.9 Å². The van der Waals surface area contributed by atoms with Gasteiger partial charge >= 0.3 is 0 Å². The highest BCUT2D eigenvalue weighted by Gasteiger charge is 2.16. The summed E-state index contributed by atoms with van der Waals surface area (Å²) in [5, 5.41) is 3.99. The first-order chi connectivity index (χ1) is 10.1. The molecule has 0 heterocycles. The van der Waals surface area contributed by atoms with Crippen LogP contribution in [-0.2, 0) is 6.42 Å². The maximum absolute atomic E-state index is 13.4. The third kappa shape index (κ3) is 4.53. The number of likely N-dealkylation sites (N-methyl/N-ethyl adjacent to an activating group) is 1. The van der Waals surface area contributed by atoms with E-state index < -0.39 is 0 Å². The van der Waals surface area contributed by atoms with E-state index >= 15 is 0 Å². The number of rotatable bonds is 6. The van der Waals surface area contributed by atoms with Crippen molar-refractivity contribution in [2.75, 3.05) is 13.1 Å². The van der Waals surface area contributed by atoms with E-state index in [0.29, 0.717) is 11.4 Å². The van der Waals surface area contributed by atoms with Gasteiger partial charge in [0.25, 0.3) is 0 Å². The minimum Gasteiger partial charge on any atom is -0.316 e. The Morgan fingerprint density at radius 2 is 2.00 bits per heavy atom. The van der Waals surface area contributed by atoms with E-state index in [2.05, 4.69) is 34.2 Å². The van der Waals surface area contributed by atoms with Crippen LogP contribution in [0.3, 0.4) is 0 Å². The summed E-state index contributed by atoms with van der Waals surface area (Å²) in [5.41, 5.74) is 2.05. The fourth-order valence-corrected chi connectivity index (χ4v) is 3.19. The first-order valence-electron chi connectivity index (χ1n) is 7.01. The molecule has 1 nitrogen and oxygen atoms in total. The third-order valence-corrected chi connectivity index (χ3v) is 4.55. The third-order valence-electron chi connectivity index (χ3n) is 3.46. The molecule has 112 valence electrons. The molecular weight excluding hydrogens is 353 g/mol. The molecule has 1 atom stereocenters. The smallest absolute Gasteiger partial charge is 0.123 e. The Balaban J connectivity index is 2.28. The molecule has 0 aliphatic heterocycles. The molecule has 0 bridgehead atoms. The molecule has 0 aromatic heterocycles. The highest BCUT2D eigenvalue weighted by molar-refractivity contribution is 9.10. The maximum atomic E-state index is 13.4. The van der Waals surface area contributed by atoms with Gasteiger partial charge in [-0.25, -0.2) is 4.39 Å². The predicted molar refractivity (Wildman–Crippen MR) is 90.5 cm³/mol. The Morgan fingerprint density at radius 1 is 1.24 bits per heavy atom. The van der Waals surface area contributed by atoms with Crippen molar-refractivity contribution in [3.63, 3.8) is 0 Å². The number of nitrogens with one attached hydrogen (secondary N) is 1. The molecule has 21 heavy (non-hydrogen) atoms. The van der Waals surface area contributed by atoms with Crippen LogP contribution in [0.4, 0.5) is 4.39 Å². The second-order valence-electron chi connectivity index (χ2n) is 4.97. The lowest BCUT2D eigenvalue weighted by Gasteiger charge is -2.20. The summed E-state index contributed by atoms with van der Waals surface area (Å²) in [5.74, 6) is -0.0106. The summed E-state index contributed by atoms with van der Waals surface area (Å²) < 4.78 is 14.5. The van der Waals surface area contributed by atoms with Crippen molar-refractivity contribution in [2.24, 2.45) is 0 Å². The van der Waals surface area contributed by atoms with Crippen molar-refractivity contribution in [1.82, 2.24) is 5.32 Å². The lowest BCUT2D eigenvalue weighted by atomic mass is 9.91. The van der Waals surface area contributed by atoms with Gasteiger partial charge in [0.2, 0.25) is 0 Å². The van der Waals surface area contributed by atoms with E-state index in [0.717, 1.165) is 23.1 Å². The van der Waals surface area contributed by atoms with Crippen LogP contribution >= 0.6 is 27.5 Å². The molecule has 0 radical (unpaired) electrons. The number of hydrogen-bond acceptors (Lipinski definition) is 1. The fraction of sp³-hybridized carbons (Fsp3) is 0.294. The van der Waals surface area contributed by atoms with Gasteiger partial charge in [0, 0.05) is 22.0 Å². The summed E-state index contributed by atoms with van der Waals surface area (Å²) in [7, 11) is 0. The molecule has 1 N–H and O–H groups in total. The largest absolute Gasteiger partial charge is 0.316 e. The zero-order valence-electron chi connectivity index (χ0n) is 11.9. The molecule has 0 aliphatic carbocycles. The van der Waals surface area contributed by atoms with Crippen LogP contribution < -0.4 is 5.32 Å². The van der Waals surface area contributed by atoms with Crippen molar-refractivity contribution >= 4 is 27.5 Å². The molecule has 0 saturated carbocycles. The van der Waals surface area contributed by atoms with Gasteiger partial charge in [-0.2, -0.15) is 0 Å². The topological polar surface area (TPSA) is 12.0 Å². The number of halogens is 3. The molecule has 4 heteroatoms. The monoisotopic (exact) mass is 369 g/mol. The molecule has 0 amide bonds. The minimum atomic E-state index is -0.247. The Labute approximate surface area is 138 Å². The minimum absolute atomic E-state index is 0.236. The summed E-state index contributed by atoms with van der Waals surface area (Å²) >= 11 is 9.80. The molecular formula is C17H18BrClFN. The van der Waals surface area contributed by atoms with Crippen molar-refractivity contribution in [2.45, 2.75) is 19.3 Å². The Kier molecular flexibility index (Phi) is 6.22. The van der Waals surface area contributed by atoms with Crippen LogP contribution in [0.5, 0.6) is 0 Å². The fourth-order valence-electron chi connectivity index (χ4n) is 2.38. The van der Waals surface area contributed by atoms with Gasteiger partial charge < -0.3 is 5.32 Å². The van der Waals surface area contributed by atoms with Crippen molar-refractivity contribution < 1.29 is 4.39 Å². The van der Waals surface area contributed by atoms with E-state index in [-0.39, 0.29) is 11.7 Å². The average Bonchev–Trinajstić information content (AvgIpc) is 2.48. The van der Waals surface area contributed by atoms with E-state index in [1.165, 1.54) is 17.7 Å². The molecule has 0 aliphatic rings. The first kappa shape index (κ1) is 16.5. The molecule has 2 rings (SSSR count). The quantitative estimate of drug-likeness (QED) is 0.739. The van der Waals surface area contributed by atoms with Crippen LogP contribution in [-0.4, -0.2) is 13.1 Å². The first-order valence-corrected chi connectivity index (χ1v) is 8.18. The van der Waals surface area contributed by atoms with E-state index in [4.69, 9.17) is 11.6 Å². The molecule has 2 aromatic rings. The van der Waals surface area contributed by atoms with Crippen LogP contribution in [0.2, 0.25) is 5.02 Å². The summed E-state index contributed by atoms with van der Waals surface area (Å²) in [6.45, 7) is 3.80. The number of benzene rings is 2. The Morgan fingerprint density at radius 3 is 2.71 bits per heavy atom. The van der Waals surface area contributed by atoms with E-state index in [9.17, 15) is 4.39 Å². The van der Waals surface area contributed by atoms with Gasteiger partial charge in [-0.05, 0) is 48.4 Å². The van der Waals surface area contributed by atoms with E-state index in [1.54, 1.807) is 6.07 Å². The van der Waals surface area contributed by atoms with Crippen LogP contribution in [0.25, 0.3) is 0 Å².